The van der Waals surface area contributed by atoms with Crippen LogP contribution in [0.25, 0.3) is 22.2 Å². The van der Waals surface area contributed by atoms with Gasteiger partial charge in [0.1, 0.15) is 5.65 Å². The maximum atomic E-state index is 13.2. The quantitative estimate of drug-likeness (QED) is 0.431. The van der Waals surface area contributed by atoms with Crippen molar-refractivity contribution in [2.45, 2.75) is 62.5 Å². The van der Waals surface area contributed by atoms with Gasteiger partial charge < -0.3 is 19.9 Å². The lowest BCUT2D eigenvalue weighted by molar-refractivity contribution is 0.111. The number of fused-ring (bicyclic) bond motifs is 1. The molecule has 0 radical (unpaired) electrons. The summed E-state index contributed by atoms with van der Waals surface area (Å²) in [7, 11) is -1.50. The highest BCUT2D eigenvalue weighted by Crippen LogP contribution is 2.37. The minimum Gasteiger partial charge on any atom is -0.393 e. The molecule has 1 aliphatic carbocycles. The third-order valence-electron chi connectivity index (χ3n) is 7.71. The predicted octanol–water partition coefficient (Wildman–Crippen LogP) is 3.72. The zero-order valence-electron chi connectivity index (χ0n) is 21.8. The number of likely N-dealkylation sites (N-methyl/N-ethyl adjacent to an activating group) is 1. The van der Waals surface area contributed by atoms with Gasteiger partial charge in [-0.15, -0.1) is 0 Å². The van der Waals surface area contributed by atoms with E-state index in [-0.39, 0.29) is 12.1 Å². The Morgan fingerprint density at radius 3 is 2.43 bits per heavy atom. The van der Waals surface area contributed by atoms with Crippen LogP contribution in [0.15, 0.2) is 41.6 Å². The molecule has 2 aliphatic rings. The van der Waals surface area contributed by atoms with Crippen LogP contribution in [0.2, 0.25) is 0 Å². The molecular formula is C27H38N6O3S. The van der Waals surface area contributed by atoms with Gasteiger partial charge in [0.05, 0.1) is 11.0 Å². The van der Waals surface area contributed by atoms with Gasteiger partial charge in [0.25, 0.3) is 0 Å². The maximum absolute atomic E-state index is 13.2. The van der Waals surface area contributed by atoms with E-state index in [1.54, 1.807) is 16.4 Å². The van der Waals surface area contributed by atoms with Crippen molar-refractivity contribution in [1.82, 2.24) is 23.7 Å². The Morgan fingerprint density at radius 2 is 1.76 bits per heavy atom. The summed E-state index contributed by atoms with van der Waals surface area (Å²) in [6.45, 7) is 5.48. The topological polar surface area (TPSA) is 104 Å². The van der Waals surface area contributed by atoms with E-state index in [2.05, 4.69) is 32.9 Å². The molecule has 0 spiro atoms. The Bertz CT molecular complexity index is 1310. The lowest BCUT2D eigenvalue weighted by Gasteiger charge is -2.31. The SMILES string of the molecule is CCCCNc1ncc2c(-c3ccc(S(=O)(=O)N4CCN(C)CC4)cc3)cn([C@H]3CC[C@H](O)CC3)c2n1. The minimum absolute atomic E-state index is 0.228. The van der Waals surface area contributed by atoms with Gasteiger partial charge >= 0.3 is 0 Å². The number of aromatic nitrogens is 3. The molecule has 37 heavy (non-hydrogen) atoms. The minimum atomic E-state index is -3.52. The molecule has 1 saturated carbocycles. The molecule has 2 aromatic heterocycles. The monoisotopic (exact) mass is 526 g/mol. The normalized spacial score (nSPS) is 21.9. The molecule has 3 heterocycles. The van der Waals surface area contributed by atoms with Gasteiger partial charge in [0, 0.05) is 62.1 Å². The van der Waals surface area contributed by atoms with Crippen molar-refractivity contribution in [3.05, 3.63) is 36.7 Å². The first kappa shape index (κ1) is 26.1. The first-order valence-electron chi connectivity index (χ1n) is 13.5. The van der Waals surface area contributed by atoms with Crippen LogP contribution < -0.4 is 5.32 Å². The molecule has 1 saturated heterocycles. The number of rotatable bonds is 8. The fourth-order valence-electron chi connectivity index (χ4n) is 5.32. The molecular weight excluding hydrogens is 488 g/mol. The van der Waals surface area contributed by atoms with E-state index in [4.69, 9.17) is 4.98 Å². The van der Waals surface area contributed by atoms with Gasteiger partial charge in [-0.3, -0.25) is 0 Å². The first-order chi connectivity index (χ1) is 17.9. The van der Waals surface area contributed by atoms with Crippen molar-refractivity contribution >= 4 is 27.0 Å². The van der Waals surface area contributed by atoms with Gasteiger partial charge in [-0.05, 0) is 56.8 Å². The molecule has 5 rings (SSSR count). The van der Waals surface area contributed by atoms with E-state index >= 15 is 0 Å². The molecule has 2 fully saturated rings. The van der Waals surface area contributed by atoms with E-state index in [1.807, 2.05) is 25.4 Å². The number of nitrogens with zero attached hydrogens (tertiary/aromatic N) is 5. The zero-order valence-corrected chi connectivity index (χ0v) is 22.6. The highest BCUT2D eigenvalue weighted by atomic mass is 32.2. The van der Waals surface area contributed by atoms with Gasteiger partial charge in [0.2, 0.25) is 16.0 Å². The number of aliphatic hydroxyl groups excluding tert-OH is 1. The number of benzene rings is 1. The van der Waals surface area contributed by atoms with Crippen molar-refractivity contribution in [1.29, 1.82) is 0 Å². The summed E-state index contributed by atoms with van der Waals surface area (Å²) in [6.07, 6.45) is 9.28. The van der Waals surface area contributed by atoms with Gasteiger partial charge in [0.15, 0.2) is 0 Å². The van der Waals surface area contributed by atoms with Crippen LogP contribution in [0.5, 0.6) is 0 Å². The van der Waals surface area contributed by atoms with Crippen LogP contribution >= 0.6 is 0 Å². The molecule has 0 bridgehead atoms. The average Bonchev–Trinajstić information content (AvgIpc) is 3.28. The predicted molar refractivity (Wildman–Crippen MR) is 146 cm³/mol. The smallest absolute Gasteiger partial charge is 0.243 e. The number of hydrogen-bond donors (Lipinski definition) is 2. The summed E-state index contributed by atoms with van der Waals surface area (Å²) in [5.74, 6) is 0.622. The Kier molecular flexibility index (Phi) is 7.80. The van der Waals surface area contributed by atoms with E-state index in [9.17, 15) is 13.5 Å². The van der Waals surface area contributed by atoms with Crippen molar-refractivity contribution in [2.75, 3.05) is 45.1 Å². The summed E-state index contributed by atoms with van der Waals surface area (Å²) < 4.78 is 30.2. The maximum Gasteiger partial charge on any atom is 0.243 e. The number of hydrogen-bond acceptors (Lipinski definition) is 7. The van der Waals surface area contributed by atoms with Gasteiger partial charge in [-0.25, -0.2) is 13.4 Å². The molecule has 2 N–H and O–H groups in total. The largest absolute Gasteiger partial charge is 0.393 e. The van der Waals surface area contributed by atoms with E-state index < -0.39 is 10.0 Å². The third-order valence-corrected chi connectivity index (χ3v) is 9.62. The van der Waals surface area contributed by atoms with Crippen LogP contribution in [0.4, 0.5) is 5.95 Å². The Labute approximate surface area is 219 Å². The van der Waals surface area contributed by atoms with Crippen molar-refractivity contribution in [2.24, 2.45) is 0 Å². The first-order valence-corrected chi connectivity index (χ1v) is 14.9. The Hall–Kier alpha value is -2.53. The number of sulfonamides is 1. The van der Waals surface area contributed by atoms with E-state index in [1.165, 1.54) is 0 Å². The second-order valence-electron chi connectivity index (χ2n) is 10.4. The highest BCUT2D eigenvalue weighted by Gasteiger charge is 2.28. The van der Waals surface area contributed by atoms with Crippen molar-refractivity contribution in [3.63, 3.8) is 0 Å². The molecule has 9 nitrogen and oxygen atoms in total. The number of piperazine rings is 1. The molecule has 0 atom stereocenters. The van der Waals surface area contributed by atoms with Gasteiger partial charge in [-0.1, -0.05) is 25.5 Å². The summed E-state index contributed by atoms with van der Waals surface area (Å²) >= 11 is 0. The van der Waals surface area contributed by atoms with Crippen LogP contribution in [-0.4, -0.2) is 83.1 Å². The molecule has 0 unspecified atom stereocenters. The van der Waals surface area contributed by atoms with E-state index in [0.29, 0.717) is 23.9 Å². The highest BCUT2D eigenvalue weighted by molar-refractivity contribution is 7.89. The van der Waals surface area contributed by atoms with Crippen LogP contribution in [0, 0.1) is 0 Å². The standard InChI is InChI=1S/C27H38N6O3S/c1-3-4-13-28-27-29-18-24-25(19-33(26(24)30-27)21-7-9-22(34)10-8-21)20-5-11-23(12-6-20)37(35,36)32-16-14-31(2)15-17-32/h5-6,11-12,18-19,21-22,34H,3-4,7-10,13-17H2,1-2H3,(H,28,29,30)/t21-,22-. The number of nitrogens with one attached hydrogen (secondary N) is 1. The molecule has 0 amide bonds. The third kappa shape index (κ3) is 5.52. The summed E-state index contributed by atoms with van der Waals surface area (Å²) in [6, 6.07) is 7.46. The second kappa shape index (κ2) is 11.1. The van der Waals surface area contributed by atoms with Crippen molar-refractivity contribution < 1.29 is 13.5 Å². The van der Waals surface area contributed by atoms with E-state index in [0.717, 1.165) is 80.3 Å². The number of aliphatic hydroxyl groups is 1. The summed E-state index contributed by atoms with van der Waals surface area (Å²) in [5, 5.41) is 14.3. The van der Waals surface area contributed by atoms with Gasteiger partial charge in [-0.2, -0.15) is 9.29 Å². The van der Waals surface area contributed by atoms with Crippen LogP contribution in [0.1, 0.15) is 51.5 Å². The molecule has 10 heteroatoms. The number of anilines is 1. The Morgan fingerprint density at radius 1 is 1.05 bits per heavy atom. The van der Waals surface area contributed by atoms with Crippen LogP contribution in [-0.2, 0) is 10.0 Å². The average molecular weight is 527 g/mol. The van der Waals surface area contributed by atoms with Crippen molar-refractivity contribution in [3.8, 4) is 11.1 Å². The fraction of sp³-hybridized carbons (Fsp3) is 0.556. The molecule has 1 aromatic carbocycles. The lowest BCUT2D eigenvalue weighted by Crippen LogP contribution is -2.46. The summed E-state index contributed by atoms with van der Waals surface area (Å²) in [5.41, 5.74) is 2.80. The molecule has 1 aliphatic heterocycles. The molecule has 3 aromatic rings. The second-order valence-corrected chi connectivity index (χ2v) is 12.3. The lowest BCUT2D eigenvalue weighted by atomic mass is 9.93. The van der Waals surface area contributed by atoms with Crippen LogP contribution in [0.3, 0.4) is 0 Å². The number of unbranched alkanes of at least 4 members (excludes halogenated alkanes) is 1. The molecule has 200 valence electrons. The summed E-state index contributed by atoms with van der Waals surface area (Å²) in [4.78, 5) is 11.9. The Balaban J connectivity index is 1.47. The zero-order chi connectivity index (χ0) is 26.0. The fourth-order valence-corrected chi connectivity index (χ4v) is 6.74.